The summed E-state index contributed by atoms with van der Waals surface area (Å²) in [5.41, 5.74) is 1.69. The fourth-order valence-corrected chi connectivity index (χ4v) is 5.15. The predicted octanol–water partition coefficient (Wildman–Crippen LogP) is 4.00. The molecule has 3 aliphatic rings. The predicted molar refractivity (Wildman–Crippen MR) is 89.7 cm³/mol. The van der Waals surface area contributed by atoms with Gasteiger partial charge in [0.05, 0.1) is 5.57 Å². The van der Waals surface area contributed by atoms with Gasteiger partial charge in [0, 0.05) is 11.8 Å². The molecule has 0 aromatic carbocycles. The number of ether oxygens (including phenoxy) is 1. The van der Waals surface area contributed by atoms with Crippen LogP contribution in [0.4, 0.5) is 0 Å². The number of fused-ring (bicyclic) bond motifs is 1. The van der Waals surface area contributed by atoms with Gasteiger partial charge in [-0.3, -0.25) is 4.79 Å². The number of carbonyl (C=O) groups excluding carboxylic acids is 2. The Morgan fingerprint density at radius 1 is 1.22 bits per heavy atom. The molecule has 2 aliphatic carbocycles. The summed E-state index contributed by atoms with van der Waals surface area (Å²) >= 11 is 0. The lowest BCUT2D eigenvalue weighted by molar-refractivity contribution is -0.136. The van der Waals surface area contributed by atoms with Crippen molar-refractivity contribution in [3.05, 3.63) is 35.5 Å². The number of hydrogen-bond acceptors (Lipinski definition) is 3. The van der Waals surface area contributed by atoms with Crippen molar-refractivity contribution in [1.29, 1.82) is 0 Å². The summed E-state index contributed by atoms with van der Waals surface area (Å²) in [7, 11) is 0. The zero-order chi connectivity index (χ0) is 16.8. The second-order valence-electron chi connectivity index (χ2n) is 8.17. The Morgan fingerprint density at radius 2 is 1.96 bits per heavy atom. The smallest absolute Gasteiger partial charge is 0.338 e. The minimum absolute atomic E-state index is 0.0267. The molecule has 124 valence electrons. The molecule has 3 rings (SSSR count). The molecule has 1 saturated carbocycles. The van der Waals surface area contributed by atoms with E-state index in [0.717, 1.165) is 24.8 Å². The lowest BCUT2D eigenvalue weighted by Gasteiger charge is -2.55. The Labute approximate surface area is 138 Å². The Kier molecular flexibility index (Phi) is 3.86. The van der Waals surface area contributed by atoms with Crippen molar-refractivity contribution in [3.8, 4) is 0 Å². The first kappa shape index (κ1) is 16.2. The second kappa shape index (κ2) is 5.47. The van der Waals surface area contributed by atoms with Crippen molar-refractivity contribution in [2.24, 2.45) is 22.7 Å². The van der Waals surface area contributed by atoms with Crippen molar-refractivity contribution in [2.45, 2.75) is 47.0 Å². The van der Waals surface area contributed by atoms with Crippen LogP contribution in [-0.2, 0) is 14.3 Å². The average Bonchev–Trinajstić information content (AvgIpc) is 2.82. The summed E-state index contributed by atoms with van der Waals surface area (Å²) in [6.45, 7) is 9.10. The van der Waals surface area contributed by atoms with Crippen molar-refractivity contribution in [2.75, 3.05) is 6.61 Å². The summed E-state index contributed by atoms with van der Waals surface area (Å²) in [5.74, 6) is 0.268. The molecule has 0 bridgehead atoms. The highest BCUT2D eigenvalue weighted by molar-refractivity contribution is 5.95. The molecule has 0 saturated heterocycles. The van der Waals surface area contributed by atoms with Crippen LogP contribution in [0.3, 0.4) is 0 Å². The van der Waals surface area contributed by atoms with Crippen LogP contribution in [-0.4, -0.2) is 18.4 Å². The monoisotopic (exact) mass is 314 g/mol. The molecule has 3 heteroatoms. The third-order valence-corrected chi connectivity index (χ3v) is 6.05. The standard InChI is InChI=1S/C20H26O3/c1-13-12-16(21)17-19(2,3)9-5-10-20(17,4)15(13)7-6-14-8-11-23-18(14)22/h6-8,12,15,17H,5,9-11H2,1-4H3/b7-6+/t15-,17-,20+/m0/s1. The van der Waals surface area contributed by atoms with Crippen molar-refractivity contribution in [3.63, 3.8) is 0 Å². The third kappa shape index (κ3) is 2.60. The molecule has 3 atom stereocenters. The molecule has 0 spiro atoms. The number of hydrogen-bond donors (Lipinski definition) is 0. The van der Waals surface area contributed by atoms with Gasteiger partial charge < -0.3 is 4.74 Å². The topological polar surface area (TPSA) is 43.4 Å². The molecule has 0 aromatic heterocycles. The van der Waals surface area contributed by atoms with Crippen molar-refractivity contribution >= 4 is 11.8 Å². The number of esters is 1. The van der Waals surface area contributed by atoms with Gasteiger partial charge in [-0.1, -0.05) is 44.9 Å². The maximum atomic E-state index is 12.7. The van der Waals surface area contributed by atoms with E-state index in [1.165, 1.54) is 0 Å². The second-order valence-corrected chi connectivity index (χ2v) is 8.17. The highest BCUT2D eigenvalue weighted by atomic mass is 16.5. The molecule has 3 nitrogen and oxygen atoms in total. The molecule has 1 heterocycles. The minimum atomic E-state index is -0.250. The van der Waals surface area contributed by atoms with Crippen molar-refractivity contribution < 1.29 is 14.3 Å². The third-order valence-electron chi connectivity index (χ3n) is 6.05. The van der Waals surface area contributed by atoms with Gasteiger partial charge in [0.15, 0.2) is 5.78 Å². The number of ketones is 1. The van der Waals surface area contributed by atoms with Crippen LogP contribution in [0.15, 0.2) is 35.5 Å². The number of rotatable bonds is 2. The first-order chi connectivity index (χ1) is 10.8. The van der Waals surface area contributed by atoms with Gasteiger partial charge in [-0.25, -0.2) is 4.79 Å². The average molecular weight is 314 g/mol. The molecule has 0 amide bonds. The maximum Gasteiger partial charge on any atom is 0.338 e. The molecule has 0 unspecified atom stereocenters. The van der Waals surface area contributed by atoms with E-state index in [4.69, 9.17) is 4.74 Å². The Bertz CT molecular complexity index is 635. The Hall–Kier alpha value is -1.64. The first-order valence-corrected chi connectivity index (χ1v) is 8.53. The van der Waals surface area contributed by atoms with Gasteiger partial charge in [-0.2, -0.15) is 0 Å². The van der Waals surface area contributed by atoms with E-state index in [0.29, 0.717) is 12.2 Å². The summed E-state index contributed by atoms with van der Waals surface area (Å²) in [5, 5.41) is 0. The molecular weight excluding hydrogens is 288 g/mol. The van der Waals surface area contributed by atoms with Crippen LogP contribution < -0.4 is 0 Å². The summed E-state index contributed by atoms with van der Waals surface area (Å²) in [4.78, 5) is 24.4. The number of carbonyl (C=O) groups is 2. The molecule has 0 N–H and O–H groups in total. The largest absolute Gasteiger partial charge is 0.458 e. The van der Waals surface area contributed by atoms with E-state index < -0.39 is 0 Å². The summed E-state index contributed by atoms with van der Waals surface area (Å²) in [6, 6.07) is 0. The SMILES string of the molecule is CC1=CC(=O)[C@H]2C(C)(C)CCC[C@]2(C)[C@H]1/C=C/C1=CCOC1=O. The molecular formula is C20H26O3. The van der Waals surface area contributed by atoms with Gasteiger partial charge >= 0.3 is 5.97 Å². The van der Waals surface area contributed by atoms with E-state index in [1.807, 2.05) is 25.2 Å². The van der Waals surface area contributed by atoms with Gasteiger partial charge in [0.2, 0.25) is 0 Å². The van der Waals surface area contributed by atoms with Crippen LogP contribution in [0.25, 0.3) is 0 Å². The van der Waals surface area contributed by atoms with Crippen molar-refractivity contribution in [1.82, 2.24) is 0 Å². The Balaban J connectivity index is 1.98. The molecule has 0 aromatic rings. The lowest BCUT2D eigenvalue weighted by atomic mass is 9.48. The van der Waals surface area contributed by atoms with E-state index in [9.17, 15) is 9.59 Å². The maximum absolute atomic E-state index is 12.7. The van der Waals surface area contributed by atoms with E-state index in [2.05, 4.69) is 26.8 Å². The normalized spacial score (nSPS) is 36.5. The van der Waals surface area contributed by atoms with E-state index in [1.54, 1.807) is 0 Å². The zero-order valence-electron chi connectivity index (χ0n) is 14.5. The fourth-order valence-electron chi connectivity index (χ4n) is 5.15. The van der Waals surface area contributed by atoms with Gasteiger partial charge in [0.1, 0.15) is 6.61 Å². The van der Waals surface area contributed by atoms with Gasteiger partial charge in [0.25, 0.3) is 0 Å². The highest BCUT2D eigenvalue weighted by Gasteiger charge is 2.54. The molecule has 1 fully saturated rings. The zero-order valence-corrected chi connectivity index (χ0v) is 14.5. The number of cyclic esters (lactones) is 1. The molecule has 23 heavy (non-hydrogen) atoms. The fraction of sp³-hybridized carbons (Fsp3) is 0.600. The molecule has 1 aliphatic heterocycles. The van der Waals surface area contributed by atoms with Crippen LogP contribution >= 0.6 is 0 Å². The first-order valence-electron chi connectivity index (χ1n) is 8.53. The Morgan fingerprint density at radius 3 is 2.61 bits per heavy atom. The van der Waals surface area contributed by atoms with E-state index >= 15 is 0 Å². The van der Waals surface area contributed by atoms with Crippen LogP contribution in [0.5, 0.6) is 0 Å². The quantitative estimate of drug-likeness (QED) is 0.723. The van der Waals surface area contributed by atoms with Crippen LogP contribution in [0, 0.1) is 22.7 Å². The summed E-state index contributed by atoms with van der Waals surface area (Å²) in [6.07, 6.45) is 10.9. The van der Waals surface area contributed by atoms with E-state index in [-0.39, 0.29) is 34.4 Å². The minimum Gasteiger partial charge on any atom is -0.458 e. The summed E-state index contributed by atoms with van der Waals surface area (Å²) < 4.78 is 4.96. The van der Waals surface area contributed by atoms with Gasteiger partial charge in [-0.05, 0) is 42.7 Å². The van der Waals surface area contributed by atoms with Gasteiger partial charge in [-0.15, -0.1) is 0 Å². The highest BCUT2D eigenvalue weighted by Crippen LogP contribution is 2.58. The van der Waals surface area contributed by atoms with Crippen LogP contribution in [0.1, 0.15) is 47.0 Å². The van der Waals surface area contributed by atoms with Crippen LogP contribution in [0.2, 0.25) is 0 Å². The number of allylic oxidation sites excluding steroid dienone is 3. The lowest BCUT2D eigenvalue weighted by Crippen LogP contribution is -2.52. The molecule has 0 radical (unpaired) electrons.